The summed E-state index contributed by atoms with van der Waals surface area (Å²) in [6, 6.07) is 7.11. The predicted octanol–water partition coefficient (Wildman–Crippen LogP) is 1.33. The Balaban J connectivity index is 1.30. The largest absolute Gasteiger partial charge is 0.345 e. The van der Waals surface area contributed by atoms with E-state index in [1.54, 1.807) is 42.5 Å². The van der Waals surface area contributed by atoms with Gasteiger partial charge in [0.15, 0.2) is 21.5 Å². The fraction of sp³-hybridized carbons (Fsp3) is 0.478. The molecule has 1 N–H and O–H groups in total. The van der Waals surface area contributed by atoms with Crippen LogP contribution in [-0.4, -0.2) is 72.7 Å². The lowest BCUT2D eigenvalue weighted by Crippen LogP contribution is -2.50. The van der Waals surface area contributed by atoms with Gasteiger partial charge in [0.25, 0.3) is 11.8 Å². The normalized spacial score (nSPS) is 17.0. The minimum Gasteiger partial charge on any atom is -0.345 e. The molecule has 1 aliphatic heterocycles. The molecule has 12 nitrogen and oxygen atoms in total. The van der Waals surface area contributed by atoms with Gasteiger partial charge in [-0.3, -0.25) is 9.59 Å². The van der Waals surface area contributed by atoms with Crippen molar-refractivity contribution in [3.63, 3.8) is 0 Å². The molecular formula is C23H27ClN8O4S. The Hall–Kier alpha value is -3.32. The number of hydrogen-bond acceptors (Lipinski definition) is 8. The van der Waals surface area contributed by atoms with E-state index in [1.807, 2.05) is 12.1 Å². The number of carbonyl (C=O) groups excluding carboxylic acids is 2. The van der Waals surface area contributed by atoms with Gasteiger partial charge in [0.05, 0.1) is 10.9 Å². The standard InChI is InChI=1S/C23H27ClN8O4S/c1-22(2,21-27-28-29-30(21)3)37(35,36)23(8-9-23)14-31-10-11-32-17(20(31)34)13-25-18(32)19(33)26-12-15-4-6-16(24)7-5-15/h4-7,13H,8-12,14H2,1-3H3,(H,26,33). The minimum absolute atomic E-state index is 0.0617. The van der Waals surface area contributed by atoms with E-state index in [-0.39, 0.29) is 42.9 Å². The third kappa shape index (κ3) is 4.19. The van der Waals surface area contributed by atoms with Gasteiger partial charge >= 0.3 is 0 Å². The highest BCUT2D eigenvalue weighted by Gasteiger charge is 2.62. The Morgan fingerprint density at radius 2 is 1.89 bits per heavy atom. The van der Waals surface area contributed by atoms with Gasteiger partial charge < -0.3 is 14.8 Å². The van der Waals surface area contributed by atoms with Crippen molar-refractivity contribution in [1.82, 2.24) is 40.0 Å². The molecule has 1 aromatic carbocycles. The van der Waals surface area contributed by atoms with E-state index < -0.39 is 25.2 Å². The number of benzene rings is 1. The Kier molecular flexibility index (Phi) is 6.10. The summed E-state index contributed by atoms with van der Waals surface area (Å²) in [7, 11) is -2.17. The summed E-state index contributed by atoms with van der Waals surface area (Å²) in [5, 5.41) is 14.7. The molecule has 14 heteroatoms. The van der Waals surface area contributed by atoms with E-state index in [0.717, 1.165) is 5.56 Å². The lowest BCUT2D eigenvalue weighted by molar-refractivity contribution is 0.0698. The summed E-state index contributed by atoms with van der Waals surface area (Å²) in [6.07, 6.45) is 2.27. The van der Waals surface area contributed by atoms with Crippen molar-refractivity contribution in [2.75, 3.05) is 13.1 Å². The molecule has 3 aromatic rings. The highest BCUT2D eigenvalue weighted by atomic mass is 35.5. The van der Waals surface area contributed by atoms with Gasteiger partial charge in [-0.05, 0) is 54.8 Å². The fourth-order valence-electron chi connectivity index (χ4n) is 4.85. The van der Waals surface area contributed by atoms with E-state index in [2.05, 4.69) is 25.8 Å². The van der Waals surface area contributed by atoms with Crippen LogP contribution in [0, 0.1) is 0 Å². The highest BCUT2D eigenvalue weighted by Crippen LogP contribution is 2.51. The molecule has 0 unspecified atom stereocenters. The molecular weight excluding hydrogens is 520 g/mol. The van der Waals surface area contributed by atoms with Crippen LogP contribution >= 0.6 is 11.6 Å². The zero-order valence-corrected chi connectivity index (χ0v) is 22.3. The summed E-state index contributed by atoms with van der Waals surface area (Å²) in [6.45, 7) is 4.13. The van der Waals surface area contributed by atoms with E-state index >= 15 is 0 Å². The number of nitrogens with one attached hydrogen (secondary N) is 1. The molecule has 3 heterocycles. The first kappa shape index (κ1) is 25.3. The molecule has 2 aromatic heterocycles. The maximum Gasteiger partial charge on any atom is 0.287 e. The Morgan fingerprint density at radius 1 is 1.19 bits per heavy atom. The molecule has 1 aliphatic carbocycles. The molecule has 196 valence electrons. The van der Waals surface area contributed by atoms with Gasteiger partial charge in [-0.25, -0.2) is 18.1 Å². The maximum absolute atomic E-state index is 13.8. The van der Waals surface area contributed by atoms with Crippen molar-refractivity contribution in [1.29, 1.82) is 0 Å². The first-order valence-corrected chi connectivity index (χ1v) is 13.7. The summed E-state index contributed by atoms with van der Waals surface area (Å²) < 4.78 is 28.1. The molecule has 0 bridgehead atoms. The second kappa shape index (κ2) is 8.91. The number of fused-ring (bicyclic) bond motifs is 1. The monoisotopic (exact) mass is 546 g/mol. The number of hydrogen-bond donors (Lipinski definition) is 1. The first-order chi connectivity index (χ1) is 17.5. The Morgan fingerprint density at radius 3 is 2.51 bits per heavy atom. The lowest BCUT2D eigenvalue weighted by Gasteiger charge is -2.35. The van der Waals surface area contributed by atoms with Crippen molar-refractivity contribution in [2.45, 2.75) is 49.3 Å². The van der Waals surface area contributed by atoms with Crippen LogP contribution in [0.3, 0.4) is 0 Å². The summed E-state index contributed by atoms with van der Waals surface area (Å²) in [5.41, 5.74) is 1.13. The number of halogens is 1. The summed E-state index contributed by atoms with van der Waals surface area (Å²) in [4.78, 5) is 31.8. The number of nitrogens with zero attached hydrogens (tertiary/aromatic N) is 7. The number of aryl methyl sites for hydroxylation is 1. The van der Waals surface area contributed by atoms with E-state index in [1.165, 1.54) is 10.9 Å². The molecule has 0 spiro atoms. The van der Waals surface area contributed by atoms with E-state index in [9.17, 15) is 18.0 Å². The van der Waals surface area contributed by atoms with Gasteiger partial charge in [0.2, 0.25) is 0 Å². The smallest absolute Gasteiger partial charge is 0.287 e. The summed E-state index contributed by atoms with van der Waals surface area (Å²) in [5.74, 6) is -0.365. The van der Waals surface area contributed by atoms with Gasteiger partial charge in [0.1, 0.15) is 10.4 Å². The van der Waals surface area contributed by atoms with Crippen LogP contribution in [0.1, 0.15) is 59.2 Å². The number of tetrazole rings is 1. The van der Waals surface area contributed by atoms with Gasteiger partial charge in [0, 0.05) is 38.2 Å². The topological polar surface area (TPSA) is 145 Å². The second-order valence-electron chi connectivity index (χ2n) is 9.98. The second-order valence-corrected chi connectivity index (χ2v) is 13.3. The zero-order valence-electron chi connectivity index (χ0n) is 20.7. The Bertz CT molecular complexity index is 1470. The number of rotatable bonds is 8. The Labute approximate surface area is 218 Å². The van der Waals surface area contributed by atoms with E-state index in [4.69, 9.17) is 11.6 Å². The molecule has 0 saturated heterocycles. The fourth-order valence-corrected chi connectivity index (χ4v) is 7.44. The van der Waals surface area contributed by atoms with Crippen LogP contribution in [-0.2, 0) is 34.7 Å². The van der Waals surface area contributed by atoms with Crippen molar-refractivity contribution in [2.24, 2.45) is 7.05 Å². The van der Waals surface area contributed by atoms with Crippen LogP contribution in [0.4, 0.5) is 0 Å². The predicted molar refractivity (Wildman–Crippen MR) is 133 cm³/mol. The first-order valence-electron chi connectivity index (χ1n) is 11.8. The number of amides is 2. The zero-order chi connectivity index (χ0) is 26.6. The lowest BCUT2D eigenvalue weighted by atomic mass is 10.2. The third-order valence-corrected chi connectivity index (χ3v) is 10.7. The molecule has 0 radical (unpaired) electrons. The van der Waals surface area contributed by atoms with Crippen LogP contribution < -0.4 is 5.32 Å². The molecule has 5 rings (SSSR count). The van der Waals surface area contributed by atoms with Crippen molar-refractivity contribution < 1.29 is 18.0 Å². The average Bonchev–Trinajstić information content (AvgIpc) is 3.31. The van der Waals surface area contributed by atoms with E-state index in [0.29, 0.717) is 24.4 Å². The van der Waals surface area contributed by atoms with Crippen LogP contribution in [0.2, 0.25) is 5.02 Å². The van der Waals surface area contributed by atoms with Crippen LogP contribution in [0.15, 0.2) is 30.5 Å². The third-order valence-electron chi connectivity index (χ3n) is 7.21. The number of aromatic nitrogens is 6. The molecule has 2 aliphatic rings. The molecule has 1 fully saturated rings. The molecule has 0 atom stereocenters. The minimum atomic E-state index is -3.77. The van der Waals surface area contributed by atoms with Crippen LogP contribution in [0.25, 0.3) is 0 Å². The molecule has 1 saturated carbocycles. The SMILES string of the molecule is Cn1nnnc1C(C)(C)S(=O)(=O)C1(CN2CCn3c(cnc3C(=O)NCc3ccc(Cl)cc3)C2=O)CC1. The van der Waals surface area contributed by atoms with Crippen molar-refractivity contribution >= 4 is 33.3 Å². The summed E-state index contributed by atoms with van der Waals surface area (Å²) >= 11 is 5.90. The maximum atomic E-state index is 13.8. The highest BCUT2D eigenvalue weighted by molar-refractivity contribution is 7.94. The quantitative estimate of drug-likeness (QED) is 0.445. The average molecular weight is 547 g/mol. The van der Waals surface area contributed by atoms with Crippen LogP contribution in [0.5, 0.6) is 0 Å². The van der Waals surface area contributed by atoms with Crippen molar-refractivity contribution in [3.8, 4) is 0 Å². The molecule has 37 heavy (non-hydrogen) atoms. The van der Waals surface area contributed by atoms with Crippen molar-refractivity contribution in [3.05, 3.63) is 58.4 Å². The number of carbonyl (C=O) groups is 2. The van der Waals surface area contributed by atoms with Gasteiger partial charge in [-0.2, -0.15) is 0 Å². The number of sulfone groups is 1. The number of imidazole rings is 1. The van der Waals surface area contributed by atoms with Gasteiger partial charge in [-0.15, -0.1) is 5.10 Å². The molecule has 2 amide bonds. The van der Waals surface area contributed by atoms with Gasteiger partial charge in [-0.1, -0.05) is 23.7 Å².